The Bertz CT molecular complexity index is 453. The SMILES string of the molecule is CC(C)NCc1ccc(N(C)C2CCN(C)CC2)cc1Br. The van der Waals surface area contributed by atoms with Crippen LogP contribution in [0.4, 0.5) is 5.69 Å². The fourth-order valence-corrected chi connectivity index (χ4v) is 3.31. The van der Waals surface area contributed by atoms with Crippen molar-refractivity contribution in [1.82, 2.24) is 10.2 Å². The molecule has 1 heterocycles. The fourth-order valence-electron chi connectivity index (χ4n) is 2.81. The molecule has 0 spiro atoms. The number of anilines is 1. The van der Waals surface area contributed by atoms with E-state index in [0.717, 1.165) is 6.54 Å². The van der Waals surface area contributed by atoms with E-state index in [1.165, 1.54) is 41.7 Å². The highest BCUT2D eigenvalue weighted by Crippen LogP contribution is 2.27. The average molecular weight is 354 g/mol. The number of benzene rings is 1. The van der Waals surface area contributed by atoms with Gasteiger partial charge in [-0.05, 0) is 50.7 Å². The summed E-state index contributed by atoms with van der Waals surface area (Å²) in [7, 11) is 4.44. The number of nitrogens with zero attached hydrogens (tertiary/aromatic N) is 2. The Morgan fingerprint density at radius 3 is 2.57 bits per heavy atom. The van der Waals surface area contributed by atoms with E-state index in [0.29, 0.717) is 12.1 Å². The van der Waals surface area contributed by atoms with Crippen molar-refractivity contribution in [2.75, 3.05) is 32.1 Å². The second kappa shape index (κ2) is 7.61. The molecule has 0 atom stereocenters. The van der Waals surface area contributed by atoms with E-state index in [-0.39, 0.29) is 0 Å². The molecule has 1 aliphatic heterocycles. The number of likely N-dealkylation sites (tertiary alicyclic amines) is 1. The summed E-state index contributed by atoms with van der Waals surface area (Å²) in [6.45, 7) is 7.67. The van der Waals surface area contributed by atoms with Crippen LogP contribution in [0.25, 0.3) is 0 Å². The summed E-state index contributed by atoms with van der Waals surface area (Å²) in [5, 5.41) is 3.47. The Morgan fingerprint density at radius 2 is 2.00 bits per heavy atom. The molecular formula is C17H28BrN3. The van der Waals surface area contributed by atoms with E-state index < -0.39 is 0 Å². The minimum absolute atomic E-state index is 0.512. The van der Waals surface area contributed by atoms with Crippen molar-refractivity contribution in [3.05, 3.63) is 28.2 Å². The van der Waals surface area contributed by atoms with Crippen molar-refractivity contribution in [3.63, 3.8) is 0 Å². The summed E-state index contributed by atoms with van der Waals surface area (Å²) in [5.74, 6) is 0. The van der Waals surface area contributed by atoms with Gasteiger partial charge in [0.1, 0.15) is 0 Å². The second-order valence-corrected chi connectivity index (χ2v) is 7.31. The summed E-state index contributed by atoms with van der Waals surface area (Å²) < 4.78 is 1.20. The van der Waals surface area contributed by atoms with Crippen LogP contribution in [-0.2, 0) is 6.54 Å². The molecule has 1 saturated heterocycles. The third-order valence-corrected chi connectivity index (χ3v) is 5.12. The van der Waals surface area contributed by atoms with Crippen LogP contribution in [0.5, 0.6) is 0 Å². The maximum absolute atomic E-state index is 3.72. The summed E-state index contributed by atoms with van der Waals surface area (Å²) in [5.41, 5.74) is 2.63. The topological polar surface area (TPSA) is 18.5 Å². The first-order valence-electron chi connectivity index (χ1n) is 7.90. The number of halogens is 1. The molecule has 118 valence electrons. The first kappa shape index (κ1) is 16.8. The summed E-state index contributed by atoms with van der Waals surface area (Å²) in [6, 6.07) is 7.92. The van der Waals surface area contributed by atoms with Crippen molar-refractivity contribution in [1.29, 1.82) is 0 Å². The van der Waals surface area contributed by atoms with Gasteiger partial charge in [0, 0.05) is 35.8 Å². The van der Waals surface area contributed by atoms with Crippen LogP contribution in [0, 0.1) is 0 Å². The average Bonchev–Trinajstić information content (AvgIpc) is 2.46. The van der Waals surface area contributed by atoms with Crippen LogP contribution in [-0.4, -0.2) is 44.2 Å². The first-order chi connectivity index (χ1) is 9.97. The molecule has 0 bridgehead atoms. The number of hydrogen-bond acceptors (Lipinski definition) is 3. The standard InChI is InChI=1S/C17H28BrN3/c1-13(2)19-12-14-5-6-16(11-17(14)18)21(4)15-7-9-20(3)10-8-15/h5-6,11,13,15,19H,7-10,12H2,1-4H3. The zero-order valence-electron chi connectivity index (χ0n) is 13.7. The Balaban J connectivity index is 2.01. The van der Waals surface area contributed by atoms with Crippen molar-refractivity contribution >= 4 is 21.6 Å². The van der Waals surface area contributed by atoms with Crippen molar-refractivity contribution in [2.24, 2.45) is 0 Å². The molecule has 21 heavy (non-hydrogen) atoms. The molecular weight excluding hydrogens is 326 g/mol. The first-order valence-corrected chi connectivity index (χ1v) is 8.70. The lowest BCUT2D eigenvalue weighted by Gasteiger charge is -2.36. The quantitative estimate of drug-likeness (QED) is 0.874. The highest BCUT2D eigenvalue weighted by atomic mass is 79.9. The molecule has 3 nitrogen and oxygen atoms in total. The van der Waals surface area contributed by atoms with Gasteiger partial charge in [-0.15, -0.1) is 0 Å². The smallest absolute Gasteiger partial charge is 0.0377 e. The third-order valence-electron chi connectivity index (χ3n) is 4.38. The molecule has 0 aliphatic carbocycles. The van der Waals surface area contributed by atoms with Crippen molar-refractivity contribution in [2.45, 2.75) is 45.3 Å². The Morgan fingerprint density at radius 1 is 1.33 bits per heavy atom. The number of piperidine rings is 1. The van der Waals surface area contributed by atoms with Crippen LogP contribution in [0.15, 0.2) is 22.7 Å². The minimum atomic E-state index is 0.512. The monoisotopic (exact) mass is 353 g/mol. The van der Waals surface area contributed by atoms with Gasteiger partial charge in [0.2, 0.25) is 0 Å². The fraction of sp³-hybridized carbons (Fsp3) is 0.647. The third kappa shape index (κ3) is 4.70. The van der Waals surface area contributed by atoms with Crippen LogP contribution in [0.2, 0.25) is 0 Å². The van der Waals surface area contributed by atoms with Crippen molar-refractivity contribution in [3.8, 4) is 0 Å². The van der Waals surface area contributed by atoms with Crippen LogP contribution >= 0.6 is 15.9 Å². The van der Waals surface area contributed by atoms with Gasteiger partial charge in [0.25, 0.3) is 0 Å². The summed E-state index contributed by atoms with van der Waals surface area (Å²) in [6.07, 6.45) is 2.50. The second-order valence-electron chi connectivity index (χ2n) is 6.46. The maximum atomic E-state index is 3.72. The lowest BCUT2D eigenvalue weighted by atomic mass is 10.0. The summed E-state index contributed by atoms with van der Waals surface area (Å²) in [4.78, 5) is 4.86. The number of nitrogens with one attached hydrogen (secondary N) is 1. The molecule has 0 amide bonds. The molecule has 0 radical (unpaired) electrons. The lowest BCUT2D eigenvalue weighted by molar-refractivity contribution is 0.253. The molecule has 2 rings (SSSR count). The van der Waals surface area contributed by atoms with Crippen molar-refractivity contribution < 1.29 is 0 Å². The van der Waals surface area contributed by atoms with Gasteiger partial charge >= 0.3 is 0 Å². The molecule has 1 N–H and O–H groups in total. The predicted molar refractivity (Wildman–Crippen MR) is 95.0 cm³/mol. The molecule has 1 aromatic carbocycles. The predicted octanol–water partition coefficient (Wildman–Crippen LogP) is 3.48. The minimum Gasteiger partial charge on any atom is -0.371 e. The molecule has 4 heteroatoms. The number of hydrogen-bond donors (Lipinski definition) is 1. The van der Waals surface area contributed by atoms with Gasteiger partial charge in [-0.25, -0.2) is 0 Å². The Labute approximate surface area is 137 Å². The molecule has 0 unspecified atom stereocenters. The van der Waals surface area contributed by atoms with Gasteiger partial charge in [-0.1, -0.05) is 35.8 Å². The zero-order valence-corrected chi connectivity index (χ0v) is 15.3. The molecule has 0 aromatic heterocycles. The molecule has 0 saturated carbocycles. The van der Waals surface area contributed by atoms with Crippen LogP contribution < -0.4 is 10.2 Å². The normalized spacial score (nSPS) is 17.4. The number of rotatable bonds is 5. The highest BCUT2D eigenvalue weighted by Gasteiger charge is 2.21. The van der Waals surface area contributed by atoms with Crippen LogP contribution in [0.1, 0.15) is 32.3 Å². The van der Waals surface area contributed by atoms with Crippen LogP contribution in [0.3, 0.4) is 0 Å². The van der Waals surface area contributed by atoms with Gasteiger partial charge in [-0.3, -0.25) is 0 Å². The Kier molecular flexibility index (Phi) is 6.08. The zero-order chi connectivity index (χ0) is 15.4. The van der Waals surface area contributed by atoms with Gasteiger partial charge < -0.3 is 15.1 Å². The highest BCUT2D eigenvalue weighted by molar-refractivity contribution is 9.10. The maximum Gasteiger partial charge on any atom is 0.0377 e. The van der Waals surface area contributed by atoms with E-state index in [9.17, 15) is 0 Å². The molecule has 1 fully saturated rings. The lowest BCUT2D eigenvalue weighted by Crippen LogP contribution is -2.42. The van der Waals surface area contributed by atoms with Gasteiger partial charge in [0.05, 0.1) is 0 Å². The van der Waals surface area contributed by atoms with Gasteiger partial charge in [-0.2, -0.15) is 0 Å². The van der Waals surface area contributed by atoms with E-state index in [4.69, 9.17) is 0 Å². The molecule has 1 aliphatic rings. The van der Waals surface area contributed by atoms with E-state index in [1.54, 1.807) is 0 Å². The van der Waals surface area contributed by atoms with E-state index >= 15 is 0 Å². The largest absolute Gasteiger partial charge is 0.371 e. The Hall–Kier alpha value is -0.580. The summed E-state index contributed by atoms with van der Waals surface area (Å²) >= 11 is 3.72. The van der Waals surface area contributed by atoms with E-state index in [1.807, 2.05) is 0 Å². The van der Waals surface area contributed by atoms with Gasteiger partial charge in [0.15, 0.2) is 0 Å². The molecule has 1 aromatic rings. The van der Waals surface area contributed by atoms with E-state index in [2.05, 4.69) is 77.2 Å².